The monoisotopic (exact) mass is 326 g/mol. The van der Waals surface area contributed by atoms with Crippen molar-refractivity contribution >= 4 is 22.8 Å². The first kappa shape index (κ1) is 15.6. The number of fused-ring (bicyclic) bond motifs is 1. The van der Waals surface area contributed by atoms with E-state index in [0.29, 0.717) is 10.9 Å². The summed E-state index contributed by atoms with van der Waals surface area (Å²) >= 11 is 0. The van der Waals surface area contributed by atoms with Gasteiger partial charge in [-0.2, -0.15) is 5.26 Å². The molecule has 0 amide bonds. The maximum atomic E-state index is 13.7. The zero-order chi connectivity index (χ0) is 17.3. The van der Waals surface area contributed by atoms with E-state index in [-0.39, 0.29) is 16.7 Å². The highest BCUT2D eigenvalue weighted by molar-refractivity contribution is 6.19. The maximum absolute atomic E-state index is 13.7. The Morgan fingerprint density at radius 3 is 2.54 bits per heavy atom. The van der Waals surface area contributed by atoms with E-state index in [1.165, 1.54) is 24.4 Å². The molecule has 3 nitrogen and oxygen atoms in total. The van der Waals surface area contributed by atoms with Crippen LogP contribution in [0.2, 0.25) is 0 Å². The van der Waals surface area contributed by atoms with E-state index >= 15 is 0 Å². The second-order valence-electron chi connectivity index (χ2n) is 5.06. The van der Waals surface area contributed by atoms with Gasteiger partial charge in [-0.3, -0.25) is 4.79 Å². The average molecular weight is 326 g/mol. The number of halogens is 3. The second kappa shape index (κ2) is 6.05. The molecule has 0 aliphatic carbocycles. The minimum atomic E-state index is -0.752. The van der Waals surface area contributed by atoms with Crippen LogP contribution in [0, 0.1) is 28.8 Å². The topological polar surface area (TPSA) is 56.6 Å². The van der Waals surface area contributed by atoms with Crippen LogP contribution in [-0.4, -0.2) is 10.8 Å². The summed E-state index contributed by atoms with van der Waals surface area (Å²) in [6.45, 7) is 0. The Bertz CT molecular complexity index is 1030. The highest BCUT2D eigenvalue weighted by Crippen LogP contribution is 2.23. The van der Waals surface area contributed by atoms with Gasteiger partial charge in [-0.15, -0.1) is 0 Å². The zero-order valence-electron chi connectivity index (χ0n) is 12.1. The SMILES string of the molecule is N#CC(=Cc1cc(F)ccc1F)C(=O)c1c[nH]c2cc(F)ccc12. The number of hydrogen-bond donors (Lipinski definition) is 1. The highest BCUT2D eigenvalue weighted by Gasteiger charge is 2.17. The quantitative estimate of drug-likeness (QED) is 0.441. The van der Waals surface area contributed by atoms with Crippen molar-refractivity contribution in [2.45, 2.75) is 0 Å². The summed E-state index contributed by atoms with van der Waals surface area (Å²) in [6, 6.07) is 8.26. The number of benzene rings is 2. The molecule has 1 heterocycles. The molecule has 1 aromatic heterocycles. The van der Waals surface area contributed by atoms with E-state index in [9.17, 15) is 23.2 Å². The number of Topliss-reactive ketones (excluding diaryl/α,β-unsaturated/α-hetero) is 1. The summed E-state index contributed by atoms with van der Waals surface area (Å²) in [6.07, 6.45) is 2.34. The van der Waals surface area contributed by atoms with E-state index in [0.717, 1.165) is 24.3 Å². The van der Waals surface area contributed by atoms with Gasteiger partial charge in [0.25, 0.3) is 0 Å². The third-order valence-corrected chi connectivity index (χ3v) is 3.51. The lowest BCUT2D eigenvalue weighted by Gasteiger charge is -2.01. The van der Waals surface area contributed by atoms with Gasteiger partial charge in [-0.05, 0) is 42.5 Å². The van der Waals surface area contributed by atoms with Crippen molar-refractivity contribution in [3.63, 3.8) is 0 Å². The van der Waals surface area contributed by atoms with E-state index < -0.39 is 23.2 Å². The molecule has 24 heavy (non-hydrogen) atoms. The van der Waals surface area contributed by atoms with Gasteiger partial charge in [0.05, 0.1) is 0 Å². The van der Waals surface area contributed by atoms with E-state index in [1.54, 1.807) is 6.07 Å². The van der Waals surface area contributed by atoms with E-state index in [2.05, 4.69) is 4.98 Å². The number of carbonyl (C=O) groups excluding carboxylic acids is 1. The highest BCUT2D eigenvalue weighted by atomic mass is 19.1. The van der Waals surface area contributed by atoms with Gasteiger partial charge in [-0.25, -0.2) is 13.2 Å². The number of H-pyrrole nitrogens is 1. The number of nitrogens with one attached hydrogen (secondary N) is 1. The molecule has 0 radical (unpaired) electrons. The third kappa shape index (κ3) is 2.79. The summed E-state index contributed by atoms with van der Waals surface area (Å²) < 4.78 is 40.1. The van der Waals surface area contributed by atoms with Gasteiger partial charge in [0.1, 0.15) is 29.1 Å². The number of rotatable bonds is 3. The van der Waals surface area contributed by atoms with Crippen LogP contribution in [-0.2, 0) is 0 Å². The van der Waals surface area contributed by atoms with Gasteiger partial charge in [0.15, 0.2) is 0 Å². The number of aromatic amines is 1. The van der Waals surface area contributed by atoms with Crippen molar-refractivity contribution in [3.05, 3.63) is 76.7 Å². The lowest BCUT2D eigenvalue weighted by molar-refractivity contribution is 0.104. The fourth-order valence-electron chi connectivity index (χ4n) is 2.36. The van der Waals surface area contributed by atoms with Crippen molar-refractivity contribution in [1.82, 2.24) is 4.98 Å². The lowest BCUT2D eigenvalue weighted by Crippen LogP contribution is -2.01. The Morgan fingerprint density at radius 1 is 1.08 bits per heavy atom. The van der Waals surface area contributed by atoms with Gasteiger partial charge in [-0.1, -0.05) is 0 Å². The van der Waals surface area contributed by atoms with Gasteiger partial charge in [0.2, 0.25) is 5.78 Å². The Labute approximate surface area is 134 Å². The van der Waals surface area contributed by atoms with Crippen LogP contribution >= 0.6 is 0 Å². The average Bonchev–Trinajstić information content (AvgIpc) is 2.97. The van der Waals surface area contributed by atoms with Crippen molar-refractivity contribution in [1.29, 1.82) is 5.26 Å². The molecule has 0 bridgehead atoms. The Balaban J connectivity index is 2.07. The maximum Gasteiger partial charge on any atom is 0.205 e. The molecule has 6 heteroatoms. The minimum Gasteiger partial charge on any atom is -0.360 e. The first-order valence-corrected chi connectivity index (χ1v) is 6.88. The Kier molecular flexibility index (Phi) is 3.92. The van der Waals surface area contributed by atoms with E-state index in [4.69, 9.17) is 0 Å². The molecule has 0 aliphatic rings. The van der Waals surface area contributed by atoms with Crippen molar-refractivity contribution in [2.75, 3.05) is 0 Å². The van der Waals surface area contributed by atoms with E-state index in [1.807, 2.05) is 0 Å². The van der Waals surface area contributed by atoms with Crippen LogP contribution in [0.4, 0.5) is 13.2 Å². The first-order chi connectivity index (χ1) is 11.5. The summed E-state index contributed by atoms with van der Waals surface area (Å²) in [5, 5.41) is 9.64. The number of carbonyl (C=O) groups is 1. The lowest BCUT2D eigenvalue weighted by atomic mass is 10.0. The first-order valence-electron chi connectivity index (χ1n) is 6.88. The van der Waals surface area contributed by atoms with Crippen molar-refractivity contribution in [2.24, 2.45) is 0 Å². The molecule has 0 atom stereocenters. The molecule has 0 saturated carbocycles. The van der Waals surface area contributed by atoms with Crippen molar-refractivity contribution < 1.29 is 18.0 Å². The molecule has 0 unspecified atom stereocenters. The zero-order valence-corrected chi connectivity index (χ0v) is 12.1. The summed E-state index contributed by atoms with van der Waals surface area (Å²) in [5.41, 5.74) is -0.0160. The molecule has 2 aromatic carbocycles. The van der Waals surface area contributed by atoms with Gasteiger partial charge < -0.3 is 4.98 Å². The number of nitriles is 1. The largest absolute Gasteiger partial charge is 0.360 e. The normalized spacial score (nSPS) is 11.5. The molecule has 0 saturated heterocycles. The summed E-state index contributed by atoms with van der Waals surface area (Å²) in [5.74, 6) is -2.58. The molecule has 0 fully saturated rings. The molecule has 118 valence electrons. The number of hydrogen-bond acceptors (Lipinski definition) is 2. The number of aromatic nitrogens is 1. The molecular formula is C18H9F3N2O. The molecule has 1 N–H and O–H groups in total. The third-order valence-electron chi connectivity index (χ3n) is 3.51. The number of nitrogens with zero attached hydrogens (tertiary/aromatic N) is 1. The molecule has 0 aliphatic heterocycles. The summed E-state index contributed by atoms with van der Waals surface area (Å²) in [7, 11) is 0. The van der Waals surface area contributed by atoms with Crippen LogP contribution in [0.3, 0.4) is 0 Å². The van der Waals surface area contributed by atoms with Crippen LogP contribution in [0.1, 0.15) is 15.9 Å². The Hall–Kier alpha value is -3.33. The fraction of sp³-hybridized carbons (Fsp3) is 0. The molecular weight excluding hydrogens is 317 g/mol. The van der Waals surface area contributed by atoms with Crippen LogP contribution in [0.15, 0.2) is 48.2 Å². The smallest absolute Gasteiger partial charge is 0.205 e. The second-order valence-corrected chi connectivity index (χ2v) is 5.06. The van der Waals surface area contributed by atoms with Crippen LogP contribution in [0.25, 0.3) is 17.0 Å². The molecule has 3 rings (SSSR count). The predicted molar refractivity (Wildman–Crippen MR) is 82.5 cm³/mol. The number of ketones is 1. The minimum absolute atomic E-state index is 0.148. The fourth-order valence-corrected chi connectivity index (χ4v) is 2.36. The predicted octanol–water partition coefficient (Wildman–Crippen LogP) is 4.38. The number of allylic oxidation sites excluding steroid dienone is 1. The van der Waals surface area contributed by atoms with Crippen molar-refractivity contribution in [3.8, 4) is 6.07 Å². The Morgan fingerprint density at radius 2 is 1.79 bits per heavy atom. The van der Waals surface area contributed by atoms with Crippen LogP contribution < -0.4 is 0 Å². The van der Waals surface area contributed by atoms with Gasteiger partial charge >= 0.3 is 0 Å². The van der Waals surface area contributed by atoms with Crippen LogP contribution in [0.5, 0.6) is 0 Å². The van der Waals surface area contributed by atoms with Gasteiger partial charge in [0, 0.05) is 28.2 Å². The summed E-state index contributed by atoms with van der Waals surface area (Å²) in [4.78, 5) is 15.3. The molecule has 0 spiro atoms. The standard InChI is InChI=1S/C18H9F3N2O/c19-12-2-4-16(21)10(6-12)5-11(8-22)18(24)15-9-23-17-7-13(20)1-3-14(15)17/h1-7,9,23H. The molecule has 3 aromatic rings.